The molecule has 0 N–H and O–H groups in total. The fourth-order valence-corrected chi connectivity index (χ4v) is 3.94. The van der Waals surface area contributed by atoms with E-state index in [9.17, 15) is 0 Å². The van der Waals surface area contributed by atoms with Gasteiger partial charge in [-0.25, -0.2) is 0 Å². The Hall–Kier alpha value is 0. The molecule has 2 rings (SSSR count). The zero-order chi connectivity index (χ0) is 9.42. The van der Waals surface area contributed by atoms with Gasteiger partial charge in [0.1, 0.15) is 0 Å². The zero-order valence-electron chi connectivity index (χ0n) is 9.42. The Balaban J connectivity index is 1.94. The number of hydrogen-bond donors (Lipinski definition) is 0. The maximum absolute atomic E-state index is 2.52. The van der Waals surface area contributed by atoms with Crippen molar-refractivity contribution >= 4 is 0 Å². The molecule has 0 aromatic rings. The largest absolute Gasteiger partial charge is 0.0654 e. The standard InChI is InChI=1S/C13H24/c1-4-6-10-9(3)11(7-5-2)13-8-12(10)13/h9-13H,4-8H2,1-3H3. The molecule has 0 saturated heterocycles. The molecule has 13 heavy (non-hydrogen) atoms. The molecule has 0 heteroatoms. The molecular formula is C13H24. The average Bonchev–Trinajstić information content (AvgIpc) is 2.84. The van der Waals surface area contributed by atoms with Gasteiger partial charge in [0.2, 0.25) is 0 Å². The molecule has 76 valence electrons. The second-order valence-corrected chi connectivity index (χ2v) is 5.33. The molecule has 2 saturated carbocycles. The van der Waals surface area contributed by atoms with E-state index >= 15 is 0 Å². The lowest BCUT2D eigenvalue weighted by molar-refractivity contribution is 0.255. The molecule has 4 atom stereocenters. The molecule has 0 heterocycles. The van der Waals surface area contributed by atoms with Crippen molar-refractivity contribution in [2.75, 3.05) is 0 Å². The summed E-state index contributed by atoms with van der Waals surface area (Å²) in [6, 6.07) is 0. The van der Waals surface area contributed by atoms with E-state index in [1.165, 1.54) is 25.7 Å². The van der Waals surface area contributed by atoms with Gasteiger partial charge < -0.3 is 0 Å². The van der Waals surface area contributed by atoms with Crippen LogP contribution in [0.4, 0.5) is 0 Å². The molecule has 0 amide bonds. The van der Waals surface area contributed by atoms with Crippen LogP contribution in [0.3, 0.4) is 0 Å². The second kappa shape index (κ2) is 3.63. The van der Waals surface area contributed by atoms with E-state index in [2.05, 4.69) is 20.8 Å². The predicted octanol–water partition coefficient (Wildman–Crippen LogP) is 4.10. The van der Waals surface area contributed by atoms with Gasteiger partial charge in [-0.15, -0.1) is 0 Å². The minimum atomic E-state index is 1.05. The summed E-state index contributed by atoms with van der Waals surface area (Å²) in [6.45, 7) is 7.21. The molecule has 2 aliphatic rings. The summed E-state index contributed by atoms with van der Waals surface area (Å²) in [7, 11) is 0. The van der Waals surface area contributed by atoms with Crippen molar-refractivity contribution in [3.8, 4) is 0 Å². The Morgan fingerprint density at radius 1 is 0.923 bits per heavy atom. The monoisotopic (exact) mass is 180 g/mol. The van der Waals surface area contributed by atoms with Crippen LogP contribution in [-0.4, -0.2) is 0 Å². The fourth-order valence-electron chi connectivity index (χ4n) is 3.94. The highest BCUT2D eigenvalue weighted by Gasteiger charge is 2.56. The molecule has 0 spiro atoms. The average molecular weight is 180 g/mol. The summed E-state index contributed by atoms with van der Waals surface area (Å²) in [6.07, 6.45) is 7.39. The van der Waals surface area contributed by atoms with E-state index in [1.807, 2.05) is 0 Å². The van der Waals surface area contributed by atoms with E-state index < -0.39 is 0 Å². The lowest BCUT2D eigenvalue weighted by Gasteiger charge is -2.24. The zero-order valence-corrected chi connectivity index (χ0v) is 9.42. The predicted molar refractivity (Wildman–Crippen MR) is 57.6 cm³/mol. The Bertz CT molecular complexity index is 155. The van der Waals surface area contributed by atoms with Crippen molar-refractivity contribution in [3.05, 3.63) is 0 Å². The van der Waals surface area contributed by atoms with Crippen molar-refractivity contribution in [2.45, 2.75) is 52.9 Å². The summed E-state index contributed by atoms with van der Waals surface area (Å²) in [5, 5.41) is 0. The Morgan fingerprint density at radius 2 is 1.38 bits per heavy atom. The third-order valence-electron chi connectivity index (χ3n) is 4.59. The quantitative estimate of drug-likeness (QED) is 0.611. The SMILES string of the molecule is CCCC1C(C)C(CCC)C2CC12. The van der Waals surface area contributed by atoms with Crippen LogP contribution >= 0.6 is 0 Å². The molecule has 2 fully saturated rings. The van der Waals surface area contributed by atoms with Crippen LogP contribution in [-0.2, 0) is 0 Å². The first-order valence-corrected chi connectivity index (χ1v) is 6.29. The van der Waals surface area contributed by atoms with Gasteiger partial charge in [0.05, 0.1) is 0 Å². The van der Waals surface area contributed by atoms with Crippen molar-refractivity contribution in [1.29, 1.82) is 0 Å². The molecule has 0 aromatic heterocycles. The van der Waals surface area contributed by atoms with Crippen LogP contribution in [0.2, 0.25) is 0 Å². The van der Waals surface area contributed by atoms with Crippen molar-refractivity contribution < 1.29 is 0 Å². The van der Waals surface area contributed by atoms with Gasteiger partial charge >= 0.3 is 0 Å². The van der Waals surface area contributed by atoms with E-state index in [-0.39, 0.29) is 0 Å². The van der Waals surface area contributed by atoms with Crippen LogP contribution in [0.15, 0.2) is 0 Å². The van der Waals surface area contributed by atoms with Crippen LogP contribution in [0.25, 0.3) is 0 Å². The van der Waals surface area contributed by atoms with Gasteiger partial charge in [0.25, 0.3) is 0 Å². The lowest BCUT2D eigenvalue weighted by Crippen LogP contribution is -2.16. The summed E-state index contributed by atoms with van der Waals surface area (Å²) in [5.74, 6) is 5.57. The smallest absolute Gasteiger partial charge is 0.0349 e. The van der Waals surface area contributed by atoms with Gasteiger partial charge in [0, 0.05) is 0 Å². The van der Waals surface area contributed by atoms with E-state index in [4.69, 9.17) is 0 Å². The molecular weight excluding hydrogens is 156 g/mol. The third kappa shape index (κ3) is 1.53. The van der Waals surface area contributed by atoms with Crippen molar-refractivity contribution in [2.24, 2.45) is 29.6 Å². The Kier molecular flexibility index (Phi) is 2.67. The van der Waals surface area contributed by atoms with Gasteiger partial charge in [-0.2, -0.15) is 0 Å². The molecule has 0 aromatic carbocycles. The summed E-state index contributed by atoms with van der Waals surface area (Å²) in [5.41, 5.74) is 0. The first-order chi connectivity index (χ1) is 6.29. The summed E-state index contributed by atoms with van der Waals surface area (Å²) in [4.78, 5) is 0. The van der Waals surface area contributed by atoms with Crippen LogP contribution < -0.4 is 0 Å². The van der Waals surface area contributed by atoms with Gasteiger partial charge in [-0.3, -0.25) is 0 Å². The highest BCUT2D eigenvalue weighted by atomic mass is 14.6. The molecule has 0 bridgehead atoms. The second-order valence-electron chi connectivity index (χ2n) is 5.33. The number of fused-ring (bicyclic) bond motifs is 1. The first-order valence-electron chi connectivity index (χ1n) is 6.29. The van der Waals surface area contributed by atoms with Crippen LogP contribution in [0.1, 0.15) is 52.9 Å². The first kappa shape index (κ1) is 9.55. The van der Waals surface area contributed by atoms with Gasteiger partial charge in [-0.1, -0.05) is 46.5 Å². The minimum Gasteiger partial charge on any atom is -0.0654 e. The lowest BCUT2D eigenvalue weighted by atomic mass is 9.81. The summed E-state index contributed by atoms with van der Waals surface area (Å²) < 4.78 is 0. The molecule has 4 unspecified atom stereocenters. The minimum absolute atomic E-state index is 1.05. The fraction of sp³-hybridized carbons (Fsp3) is 1.00. The Morgan fingerprint density at radius 3 is 1.77 bits per heavy atom. The number of hydrogen-bond acceptors (Lipinski definition) is 0. The van der Waals surface area contributed by atoms with Crippen molar-refractivity contribution in [3.63, 3.8) is 0 Å². The normalized spacial score (nSPS) is 47.8. The Labute approximate surface area is 83.1 Å². The van der Waals surface area contributed by atoms with Crippen LogP contribution in [0, 0.1) is 29.6 Å². The third-order valence-corrected chi connectivity index (χ3v) is 4.59. The van der Waals surface area contributed by atoms with E-state index in [0.29, 0.717) is 0 Å². The molecule has 0 radical (unpaired) electrons. The van der Waals surface area contributed by atoms with Crippen LogP contribution in [0.5, 0.6) is 0 Å². The topological polar surface area (TPSA) is 0 Å². The maximum Gasteiger partial charge on any atom is -0.0349 e. The summed E-state index contributed by atoms with van der Waals surface area (Å²) >= 11 is 0. The van der Waals surface area contributed by atoms with E-state index in [1.54, 1.807) is 6.42 Å². The number of rotatable bonds is 4. The van der Waals surface area contributed by atoms with Gasteiger partial charge in [-0.05, 0) is 36.0 Å². The maximum atomic E-state index is 2.52. The van der Waals surface area contributed by atoms with Gasteiger partial charge in [0.15, 0.2) is 0 Å². The highest BCUT2D eigenvalue weighted by molar-refractivity contribution is 5.05. The molecule has 2 aliphatic carbocycles. The molecule has 0 aliphatic heterocycles. The molecule has 0 nitrogen and oxygen atoms in total. The van der Waals surface area contributed by atoms with Crippen molar-refractivity contribution in [1.82, 2.24) is 0 Å². The highest BCUT2D eigenvalue weighted by Crippen LogP contribution is 2.63. The van der Waals surface area contributed by atoms with E-state index in [0.717, 1.165) is 29.6 Å².